The van der Waals surface area contributed by atoms with Crippen molar-refractivity contribution in [2.24, 2.45) is 5.92 Å². The summed E-state index contributed by atoms with van der Waals surface area (Å²) in [7, 11) is 2.20. The van der Waals surface area contributed by atoms with Crippen LogP contribution >= 0.6 is 0 Å². The van der Waals surface area contributed by atoms with Gasteiger partial charge < -0.3 is 19.3 Å². The Morgan fingerprint density at radius 3 is 2.36 bits per heavy atom. The molecule has 0 N–H and O–H groups in total. The molecule has 0 unspecified atom stereocenters. The minimum atomic E-state index is 0.0282. The number of piperazine rings is 1. The number of ether oxygens (including phenoxy) is 2. The molecule has 0 bridgehead atoms. The van der Waals surface area contributed by atoms with Crippen LogP contribution in [0.3, 0.4) is 0 Å². The van der Waals surface area contributed by atoms with Crippen LogP contribution in [0.5, 0.6) is 0 Å². The van der Waals surface area contributed by atoms with E-state index in [1.165, 1.54) is 0 Å². The average Bonchev–Trinajstić information content (AvgIpc) is 3.07. The van der Waals surface area contributed by atoms with Crippen molar-refractivity contribution in [3.63, 3.8) is 0 Å². The Hall–Kier alpha value is -0.690. The quantitative estimate of drug-likeness (QED) is 0.737. The highest BCUT2D eigenvalue weighted by molar-refractivity contribution is 5.79. The van der Waals surface area contributed by atoms with Gasteiger partial charge in [-0.25, -0.2) is 0 Å². The molecule has 6 nitrogen and oxygen atoms in total. The summed E-state index contributed by atoms with van der Waals surface area (Å²) in [5, 5.41) is 0. The number of hydrogen-bond donors (Lipinski definition) is 0. The minimum Gasteiger partial charge on any atom is -0.381 e. The van der Waals surface area contributed by atoms with E-state index in [4.69, 9.17) is 9.47 Å². The van der Waals surface area contributed by atoms with Gasteiger partial charge in [-0.15, -0.1) is 0 Å². The Bertz CT molecular complexity index is 465. The number of likely N-dealkylation sites (N-methyl/N-ethyl adjacent to an activating group) is 1. The summed E-state index contributed by atoms with van der Waals surface area (Å²) >= 11 is 0. The molecule has 4 heterocycles. The third kappa shape index (κ3) is 3.87. The van der Waals surface area contributed by atoms with Gasteiger partial charge in [0.05, 0.1) is 12.2 Å². The molecule has 1 amide bonds. The molecule has 6 heteroatoms. The van der Waals surface area contributed by atoms with Gasteiger partial charge in [0.2, 0.25) is 5.91 Å². The first-order valence-electron chi connectivity index (χ1n) is 10.1. The number of amides is 1. The van der Waals surface area contributed by atoms with Gasteiger partial charge in [0.1, 0.15) is 0 Å². The zero-order valence-corrected chi connectivity index (χ0v) is 15.6. The van der Waals surface area contributed by atoms with Crippen molar-refractivity contribution in [1.29, 1.82) is 0 Å². The van der Waals surface area contributed by atoms with Crippen molar-refractivity contribution < 1.29 is 14.3 Å². The molecule has 4 aliphatic heterocycles. The fraction of sp³-hybridized carbons (Fsp3) is 0.947. The number of hydrogen-bond acceptors (Lipinski definition) is 5. The normalized spacial score (nSPS) is 32.4. The molecule has 0 radical (unpaired) electrons. The van der Waals surface area contributed by atoms with Gasteiger partial charge in [-0.05, 0) is 39.2 Å². The van der Waals surface area contributed by atoms with E-state index >= 15 is 0 Å². The Labute approximate surface area is 151 Å². The van der Waals surface area contributed by atoms with E-state index in [2.05, 4.69) is 21.7 Å². The summed E-state index contributed by atoms with van der Waals surface area (Å²) in [5.41, 5.74) is 0.0282. The zero-order chi connectivity index (χ0) is 17.3. The Morgan fingerprint density at radius 2 is 1.68 bits per heavy atom. The fourth-order valence-electron chi connectivity index (χ4n) is 4.93. The fourth-order valence-corrected chi connectivity index (χ4v) is 4.93. The predicted molar refractivity (Wildman–Crippen MR) is 95.5 cm³/mol. The summed E-state index contributed by atoms with van der Waals surface area (Å²) < 4.78 is 11.7. The third-order valence-corrected chi connectivity index (χ3v) is 6.80. The smallest absolute Gasteiger partial charge is 0.225 e. The van der Waals surface area contributed by atoms with E-state index in [1.54, 1.807) is 0 Å². The molecule has 4 saturated heterocycles. The van der Waals surface area contributed by atoms with Crippen molar-refractivity contribution >= 4 is 5.91 Å². The largest absolute Gasteiger partial charge is 0.381 e. The highest BCUT2D eigenvalue weighted by Gasteiger charge is 2.45. The maximum atomic E-state index is 12.7. The molecule has 4 rings (SSSR count). The zero-order valence-electron chi connectivity index (χ0n) is 15.6. The lowest BCUT2D eigenvalue weighted by molar-refractivity contribution is -0.143. The first-order chi connectivity index (χ1) is 12.2. The van der Waals surface area contributed by atoms with Gasteiger partial charge in [0, 0.05) is 64.4 Å². The maximum absolute atomic E-state index is 12.7. The topological polar surface area (TPSA) is 45.2 Å². The summed E-state index contributed by atoms with van der Waals surface area (Å²) in [5.74, 6) is 0.539. The van der Waals surface area contributed by atoms with Gasteiger partial charge >= 0.3 is 0 Å². The lowest BCUT2D eigenvalue weighted by atomic mass is 9.86. The Kier molecular flexibility index (Phi) is 5.32. The van der Waals surface area contributed by atoms with E-state index in [0.29, 0.717) is 11.9 Å². The van der Waals surface area contributed by atoms with Gasteiger partial charge in [0.25, 0.3) is 0 Å². The van der Waals surface area contributed by atoms with E-state index in [0.717, 1.165) is 91.2 Å². The van der Waals surface area contributed by atoms with Crippen LogP contribution in [0.15, 0.2) is 0 Å². The average molecular weight is 351 g/mol. The van der Waals surface area contributed by atoms with Crippen LogP contribution < -0.4 is 0 Å². The summed E-state index contributed by atoms with van der Waals surface area (Å²) in [6, 6.07) is 0.575. The molecule has 0 aromatic carbocycles. The van der Waals surface area contributed by atoms with E-state index in [1.807, 2.05) is 0 Å². The summed E-state index contributed by atoms with van der Waals surface area (Å²) in [6.45, 7) is 8.74. The van der Waals surface area contributed by atoms with Crippen LogP contribution in [0.1, 0.15) is 32.1 Å². The molecule has 142 valence electrons. The van der Waals surface area contributed by atoms with Crippen molar-refractivity contribution in [1.82, 2.24) is 14.7 Å². The number of likely N-dealkylation sites (tertiary alicyclic amines) is 1. The van der Waals surface area contributed by atoms with Crippen LogP contribution in [0.4, 0.5) is 0 Å². The van der Waals surface area contributed by atoms with Crippen molar-refractivity contribution in [2.45, 2.75) is 43.7 Å². The Morgan fingerprint density at radius 1 is 1.00 bits per heavy atom. The molecular weight excluding hydrogens is 318 g/mol. The third-order valence-electron chi connectivity index (χ3n) is 6.80. The number of nitrogens with zero attached hydrogens (tertiary/aromatic N) is 3. The molecule has 25 heavy (non-hydrogen) atoms. The summed E-state index contributed by atoms with van der Waals surface area (Å²) in [6.07, 6.45) is 4.94. The number of carbonyl (C=O) groups is 1. The molecule has 0 aromatic rings. The van der Waals surface area contributed by atoms with Crippen molar-refractivity contribution in [3.05, 3.63) is 0 Å². The molecule has 4 aliphatic rings. The molecule has 1 spiro atoms. The first kappa shape index (κ1) is 17.7. The molecule has 1 atom stereocenters. The van der Waals surface area contributed by atoms with E-state index < -0.39 is 0 Å². The molecular formula is C19H33N3O3. The highest BCUT2D eigenvalue weighted by atomic mass is 16.5. The van der Waals surface area contributed by atoms with Crippen molar-refractivity contribution in [3.8, 4) is 0 Å². The van der Waals surface area contributed by atoms with Gasteiger partial charge in [-0.2, -0.15) is 0 Å². The molecule has 4 fully saturated rings. The van der Waals surface area contributed by atoms with Gasteiger partial charge in [0.15, 0.2) is 0 Å². The van der Waals surface area contributed by atoms with Gasteiger partial charge in [-0.3, -0.25) is 9.69 Å². The number of piperidine rings is 1. The highest BCUT2D eigenvalue weighted by Crippen LogP contribution is 2.38. The van der Waals surface area contributed by atoms with Crippen LogP contribution in [-0.2, 0) is 14.3 Å². The van der Waals surface area contributed by atoms with Crippen LogP contribution in [-0.4, -0.2) is 98.4 Å². The lowest BCUT2D eigenvalue weighted by Crippen LogP contribution is -2.51. The van der Waals surface area contributed by atoms with E-state index in [9.17, 15) is 4.79 Å². The maximum Gasteiger partial charge on any atom is 0.225 e. The predicted octanol–water partition coefficient (Wildman–Crippen LogP) is 0.811. The molecule has 0 aromatic heterocycles. The second-order valence-electron chi connectivity index (χ2n) is 8.40. The summed E-state index contributed by atoms with van der Waals surface area (Å²) in [4.78, 5) is 19.8. The molecule has 0 saturated carbocycles. The van der Waals surface area contributed by atoms with Crippen LogP contribution in [0.2, 0.25) is 0 Å². The SMILES string of the molecule is CN1CCN([C@H]2COC3(CCN(C(=O)C4CCOCC4)CC3)C2)CC1. The van der Waals surface area contributed by atoms with Crippen LogP contribution in [0, 0.1) is 5.92 Å². The van der Waals surface area contributed by atoms with Crippen molar-refractivity contribution in [2.75, 3.05) is 66.1 Å². The number of carbonyl (C=O) groups excluding carboxylic acids is 1. The van der Waals surface area contributed by atoms with Crippen LogP contribution in [0.25, 0.3) is 0 Å². The second-order valence-corrected chi connectivity index (χ2v) is 8.40. The Balaban J connectivity index is 1.27. The number of rotatable bonds is 2. The van der Waals surface area contributed by atoms with E-state index in [-0.39, 0.29) is 11.5 Å². The first-order valence-corrected chi connectivity index (χ1v) is 10.1. The van der Waals surface area contributed by atoms with Gasteiger partial charge in [-0.1, -0.05) is 0 Å². The minimum absolute atomic E-state index is 0.0282. The lowest BCUT2D eigenvalue weighted by Gasteiger charge is -2.41. The second kappa shape index (κ2) is 7.51. The standard InChI is InChI=1S/C19H33N3O3/c1-20-8-10-21(11-9-20)17-14-19(25-15-17)4-6-22(7-5-19)18(23)16-2-12-24-13-3-16/h16-17H,2-15H2,1H3/t17-/m1/s1. The monoisotopic (exact) mass is 351 g/mol. The molecule has 0 aliphatic carbocycles.